The molecule has 1 fully saturated rings. The standard InChI is InChI=1S/C14H15NOS/c1-9-15-8-13(17-9)14(16)12-7-11(12)10-5-3-2-4-6-10/h2-6,8,11-12,14,16H,7H2,1H3. The minimum absolute atomic E-state index is 0.341. The van der Waals surface area contributed by atoms with E-state index < -0.39 is 0 Å². The number of aliphatic hydroxyl groups excluding tert-OH is 1. The second-order valence-corrected chi connectivity index (χ2v) is 5.91. The maximum Gasteiger partial charge on any atom is 0.0932 e. The zero-order chi connectivity index (χ0) is 11.8. The number of rotatable bonds is 3. The van der Waals surface area contributed by atoms with Gasteiger partial charge in [-0.3, -0.25) is 0 Å². The molecule has 3 heteroatoms. The molecule has 0 spiro atoms. The first kappa shape index (κ1) is 10.9. The summed E-state index contributed by atoms with van der Waals surface area (Å²) >= 11 is 1.60. The van der Waals surface area contributed by atoms with Gasteiger partial charge in [0.15, 0.2) is 0 Å². The van der Waals surface area contributed by atoms with Crippen LogP contribution in [0.4, 0.5) is 0 Å². The third kappa shape index (κ3) is 2.13. The number of aliphatic hydroxyl groups is 1. The van der Waals surface area contributed by atoms with Crippen LogP contribution < -0.4 is 0 Å². The molecule has 1 aromatic heterocycles. The summed E-state index contributed by atoms with van der Waals surface area (Å²) in [7, 11) is 0. The molecule has 1 aliphatic rings. The average molecular weight is 245 g/mol. The van der Waals surface area contributed by atoms with Crippen LogP contribution in [0.3, 0.4) is 0 Å². The van der Waals surface area contributed by atoms with Gasteiger partial charge in [0.2, 0.25) is 0 Å². The Hall–Kier alpha value is -1.19. The molecular weight excluding hydrogens is 230 g/mol. The van der Waals surface area contributed by atoms with Gasteiger partial charge in [0.25, 0.3) is 0 Å². The zero-order valence-electron chi connectivity index (χ0n) is 9.71. The van der Waals surface area contributed by atoms with E-state index in [1.54, 1.807) is 11.3 Å². The summed E-state index contributed by atoms with van der Waals surface area (Å²) in [5.74, 6) is 0.894. The molecule has 0 saturated heterocycles. The highest BCUT2D eigenvalue weighted by Crippen LogP contribution is 2.54. The summed E-state index contributed by atoms with van der Waals surface area (Å²) in [5, 5.41) is 11.3. The van der Waals surface area contributed by atoms with Crippen molar-refractivity contribution < 1.29 is 5.11 Å². The molecule has 2 nitrogen and oxygen atoms in total. The van der Waals surface area contributed by atoms with Crippen LogP contribution in [-0.2, 0) is 0 Å². The fraction of sp³-hybridized carbons (Fsp3) is 0.357. The summed E-state index contributed by atoms with van der Waals surface area (Å²) in [6, 6.07) is 10.5. The first-order chi connectivity index (χ1) is 8.25. The fourth-order valence-electron chi connectivity index (χ4n) is 2.37. The molecule has 0 bridgehead atoms. The van der Waals surface area contributed by atoms with E-state index in [1.807, 2.05) is 19.2 Å². The van der Waals surface area contributed by atoms with Gasteiger partial charge in [-0.25, -0.2) is 4.98 Å². The van der Waals surface area contributed by atoms with E-state index in [2.05, 4.69) is 29.2 Å². The first-order valence-electron chi connectivity index (χ1n) is 5.91. The summed E-state index contributed by atoms with van der Waals surface area (Å²) < 4.78 is 0. The summed E-state index contributed by atoms with van der Waals surface area (Å²) in [4.78, 5) is 5.21. The van der Waals surface area contributed by atoms with Gasteiger partial charge in [-0.2, -0.15) is 0 Å². The third-order valence-electron chi connectivity index (χ3n) is 3.40. The van der Waals surface area contributed by atoms with Crippen LogP contribution in [0.5, 0.6) is 0 Å². The highest BCUT2D eigenvalue weighted by Gasteiger charge is 2.44. The highest BCUT2D eigenvalue weighted by molar-refractivity contribution is 7.11. The minimum Gasteiger partial charge on any atom is -0.387 e. The lowest BCUT2D eigenvalue weighted by Gasteiger charge is -2.07. The number of aromatic nitrogens is 1. The topological polar surface area (TPSA) is 33.1 Å². The summed E-state index contributed by atoms with van der Waals surface area (Å²) in [5.41, 5.74) is 1.35. The number of nitrogens with zero attached hydrogens (tertiary/aromatic N) is 1. The van der Waals surface area contributed by atoms with Gasteiger partial charge < -0.3 is 5.11 Å². The SMILES string of the molecule is Cc1ncc(C(O)C2CC2c2ccccc2)s1. The van der Waals surface area contributed by atoms with Gasteiger partial charge >= 0.3 is 0 Å². The Bertz CT molecular complexity index is 508. The van der Waals surface area contributed by atoms with Gasteiger partial charge in [0.1, 0.15) is 0 Å². The summed E-state index contributed by atoms with van der Waals surface area (Å²) in [6.07, 6.45) is 2.55. The number of thiazole rings is 1. The van der Waals surface area contributed by atoms with Crippen molar-refractivity contribution in [1.29, 1.82) is 0 Å². The molecule has 3 unspecified atom stereocenters. The van der Waals surface area contributed by atoms with Crippen molar-refractivity contribution >= 4 is 11.3 Å². The number of hydrogen-bond donors (Lipinski definition) is 1. The zero-order valence-corrected chi connectivity index (χ0v) is 10.5. The van der Waals surface area contributed by atoms with Crippen molar-refractivity contribution in [2.24, 2.45) is 5.92 Å². The third-order valence-corrected chi connectivity index (χ3v) is 4.39. The number of aryl methyl sites for hydroxylation is 1. The van der Waals surface area contributed by atoms with Crippen LogP contribution in [-0.4, -0.2) is 10.1 Å². The lowest BCUT2D eigenvalue weighted by molar-refractivity contribution is 0.155. The molecule has 2 aromatic rings. The molecule has 17 heavy (non-hydrogen) atoms. The Balaban J connectivity index is 1.73. The van der Waals surface area contributed by atoms with E-state index in [4.69, 9.17) is 0 Å². The quantitative estimate of drug-likeness (QED) is 0.900. The normalized spacial score (nSPS) is 24.6. The first-order valence-corrected chi connectivity index (χ1v) is 6.72. The molecule has 1 aromatic carbocycles. The smallest absolute Gasteiger partial charge is 0.0932 e. The minimum atomic E-state index is -0.341. The summed E-state index contributed by atoms with van der Waals surface area (Å²) in [6.45, 7) is 1.97. The average Bonchev–Trinajstić information content (AvgIpc) is 3.05. The van der Waals surface area contributed by atoms with E-state index in [1.165, 1.54) is 5.56 Å². The van der Waals surface area contributed by atoms with Crippen molar-refractivity contribution in [3.63, 3.8) is 0 Å². The van der Waals surface area contributed by atoms with Crippen LogP contribution in [0.2, 0.25) is 0 Å². The molecule has 1 aliphatic carbocycles. The van der Waals surface area contributed by atoms with E-state index in [-0.39, 0.29) is 6.10 Å². The number of hydrogen-bond acceptors (Lipinski definition) is 3. The molecule has 3 atom stereocenters. The molecule has 0 radical (unpaired) electrons. The lowest BCUT2D eigenvalue weighted by Crippen LogP contribution is -1.98. The van der Waals surface area contributed by atoms with Crippen LogP contribution in [0.1, 0.15) is 33.9 Å². The van der Waals surface area contributed by atoms with Crippen LogP contribution in [0.15, 0.2) is 36.5 Å². The molecule has 88 valence electrons. The molecule has 1 heterocycles. The second kappa shape index (κ2) is 4.24. The van der Waals surface area contributed by atoms with Crippen molar-refractivity contribution in [2.45, 2.75) is 25.4 Å². The second-order valence-electron chi connectivity index (χ2n) is 4.64. The molecule has 0 aliphatic heterocycles. The Morgan fingerprint density at radius 2 is 2.12 bits per heavy atom. The Labute approximate surface area is 105 Å². The van der Waals surface area contributed by atoms with Crippen molar-refractivity contribution in [2.75, 3.05) is 0 Å². The molecule has 1 saturated carbocycles. The number of benzene rings is 1. The van der Waals surface area contributed by atoms with E-state index in [9.17, 15) is 5.11 Å². The molecule has 1 N–H and O–H groups in total. The monoisotopic (exact) mass is 245 g/mol. The maximum atomic E-state index is 10.3. The molecule has 0 amide bonds. The largest absolute Gasteiger partial charge is 0.387 e. The van der Waals surface area contributed by atoms with Gasteiger partial charge in [-0.15, -0.1) is 11.3 Å². The van der Waals surface area contributed by atoms with E-state index in [0.29, 0.717) is 11.8 Å². The van der Waals surface area contributed by atoms with Crippen molar-refractivity contribution in [3.8, 4) is 0 Å². The Kier molecular flexibility index (Phi) is 2.73. The highest BCUT2D eigenvalue weighted by atomic mass is 32.1. The lowest BCUT2D eigenvalue weighted by atomic mass is 10.1. The van der Waals surface area contributed by atoms with E-state index >= 15 is 0 Å². The van der Waals surface area contributed by atoms with Gasteiger partial charge in [-0.1, -0.05) is 30.3 Å². The molecule has 3 rings (SSSR count). The van der Waals surface area contributed by atoms with E-state index in [0.717, 1.165) is 16.3 Å². The van der Waals surface area contributed by atoms with Gasteiger partial charge in [0, 0.05) is 6.20 Å². The Morgan fingerprint density at radius 3 is 2.76 bits per heavy atom. The van der Waals surface area contributed by atoms with Crippen LogP contribution in [0, 0.1) is 12.8 Å². The predicted octanol–water partition coefficient (Wildman–Crippen LogP) is 3.29. The fourth-order valence-corrected chi connectivity index (χ4v) is 3.22. The van der Waals surface area contributed by atoms with Crippen molar-refractivity contribution in [1.82, 2.24) is 4.98 Å². The van der Waals surface area contributed by atoms with Crippen LogP contribution in [0.25, 0.3) is 0 Å². The van der Waals surface area contributed by atoms with Crippen LogP contribution >= 0.6 is 11.3 Å². The van der Waals surface area contributed by atoms with Gasteiger partial charge in [0.05, 0.1) is 16.0 Å². The van der Waals surface area contributed by atoms with Gasteiger partial charge in [-0.05, 0) is 30.7 Å². The predicted molar refractivity (Wildman–Crippen MR) is 69.1 cm³/mol. The molecular formula is C14H15NOS. The maximum absolute atomic E-state index is 10.3. The Morgan fingerprint density at radius 1 is 1.35 bits per heavy atom. The van der Waals surface area contributed by atoms with Crippen molar-refractivity contribution in [3.05, 3.63) is 52.0 Å².